The maximum Gasteiger partial charge on any atom is 0.416 e. The molecule has 1 aliphatic rings. The Morgan fingerprint density at radius 3 is 2.21 bits per heavy atom. The van der Waals surface area contributed by atoms with Gasteiger partial charge >= 0.3 is 12.1 Å². The van der Waals surface area contributed by atoms with Crippen LogP contribution in [0.15, 0.2) is 103 Å². The smallest absolute Gasteiger partial charge is 0.416 e. The lowest BCUT2D eigenvalue weighted by atomic mass is 9.98. The monoisotopic (exact) mass is 587 g/mol. The number of hydrogen-bond acceptors (Lipinski definition) is 5. The molecule has 1 amide bonds. The van der Waals surface area contributed by atoms with Crippen molar-refractivity contribution in [3.05, 3.63) is 120 Å². The summed E-state index contributed by atoms with van der Waals surface area (Å²) in [6.07, 6.45) is -3.56. The maximum atomic E-state index is 13.2. The topological polar surface area (TPSA) is 61.9 Å². The van der Waals surface area contributed by atoms with Crippen LogP contribution in [-0.2, 0) is 15.7 Å². The minimum Gasteiger partial charge on any atom is -0.468 e. The van der Waals surface area contributed by atoms with Crippen LogP contribution in [0.4, 0.5) is 24.5 Å². The first-order valence-corrected chi connectivity index (χ1v) is 13.9. The number of alkyl halides is 3. The molecular weight excluding hydrogens is 555 g/mol. The van der Waals surface area contributed by atoms with Crippen molar-refractivity contribution in [2.75, 3.05) is 37.5 Å². The average molecular weight is 588 g/mol. The fraction of sp³-hybridized carbons (Fsp3) is 0.235. The molecule has 0 radical (unpaired) electrons. The van der Waals surface area contributed by atoms with Gasteiger partial charge in [-0.1, -0.05) is 60.7 Å². The molecule has 2 atom stereocenters. The number of anilines is 2. The Bertz CT molecular complexity index is 1560. The van der Waals surface area contributed by atoms with Gasteiger partial charge in [0.1, 0.15) is 6.04 Å². The largest absolute Gasteiger partial charge is 0.468 e. The first-order valence-electron chi connectivity index (χ1n) is 13.9. The molecule has 222 valence electrons. The van der Waals surface area contributed by atoms with Crippen LogP contribution in [-0.4, -0.2) is 50.1 Å². The Balaban J connectivity index is 1.25. The molecule has 0 aromatic heterocycles. The van der Waals surface area contributed by atoms with E-state index in [4.69, 9.17) is 4.74 Å². The van der Waals surface area contributed by atoms with Crippen molar-refractivity contribution in [3.8, 4) is 11.1 Å². The number of amides is 1. The standard InChI is InChI=1S/C34H32F3N3O3/c1-39(31(33(42)43-2)24-8-4-3-5-9-24)28-20-21-40(22-28)27-18-16-26(17-19-27)38-32(41)30-11-7-6-10-29(30)23-12-14-25(15-13-23)34(35,36)37/h3-19,28,31H,20-22H2,1-2H3,(H,38,41). The highest BCUT2D eigenvalue weighted by molar-refractivity contribution is 6.08. The lowest BCUT2D eigenvalue weighted by Gasteiger charge is -2.31. The maximum absolute atomic E-state index is 13.2. The van der Waals surface area contributed by atoms with Crippen molar-refractivity contribution in [1.29, 1.82) is 0 Å². The van der Waals surface area contributed by atoms with Gasteiger partial charge in [0.25, 0.3) is 5.91 Å². The van der Waals surface area contributed by atoms with Gasteiger partial charge in [-0.3, -0.25) is 9.69 Å². The van der Waals surface area contributed by atoms with Gasteiger partial charge in [0.15, 0.2) is 0 Å². The number of hydrogen-bond donors (Lipinski definition) is 1. The summed E-state index contributed by atoms with van der Waals surface area (Å²) in [5.41, 5.74) is 3.15. The number of carbonyl (C=O) groups is 2. The molecule has 5 rings (SSSR count). The second-order valence-corrected chi connectivity index (χ2v) is 10.5. The summed E-state index contributed by atoms with van der Waals surface area (Å²) in [6, 6.07) is 28.4. The number of esters is 1. The predicted octanol–water partition coefficient (Wildman–Crippen LogP) is 7.05. The lowest BCUT2D eigenvalue weighted by molar-refractivity contribution is -0.147. The minimum absolute atomic E-state index is 0.130. The molecular formula is C34H32F3N3O3. The number of nitrogens with one attached hydrogen (secondary N) is 1. The number of benzene rings is 4. The van der Waals surface area contributed by atoms with E-state index in [1.165, 1.54) is 19.2 Å². The van der Waals surface area contributed by atoms with Gasteiger partial charge in [0, 0.05) is 36.1 Å². The Hall–Kier alpha value is -4.63. The molecule has 1 N–H and O–H groups in total. The fourth-order valence-electron chi connectivity index (χ4n) is 5.53. The highest BCUT2D eigenvalue weighted by Crippen LogP contribution is 2.33. The average Bonchev–Trinajstić information content (AvgIpc) is 3.52. The van der Waals surface area contributed by atoms with Crippen LogP contribution in [0.3, 0.4) is 0 Å². The number of halogens is 3. The van der Waals surface area contributed by atoms with Gasteiger partial charge in [-0.05, 0) is 72.6 Å². The van der Waals surface area contributed by atoms with Crippen LogP contribution in [0.1, 0.15) is 33.9 Å². The Morgan fingerprint density at radius 1 is 0.907 bits per heavy atom. The SMILES string of the molecule is COC(=O)C(c1ccccc1)N(C)C1CCN(c2ccc(NC(=O)c3ccccc3-c3ccc(C(F)(F)F)cc3)cc2)C1. The van der Waals surface area contributed by atoms with Crippen molar-refractivity contribution < 1.29 is 27.5 Å². The van der Waals surface area contributed by atoms with Crippen LogP contribution >= 0.6 is 0 Å². The Morgan fingerprint density at radius 2 is 1.56 bits per heavy atom. The van der Waals surface area contributed by atoms with Crippen LogP contribution in [0.5, 0.6) is 0 Å². The first kappa shape index (κ1) is 29.8. The lowest BCUT2D eigenvalue weighted by Crippen LogP contribution is -2.41. The number of ether oxygens (including phenoxy) is 1. The van der Waals surface area contributed by atoms with E-state index in [1.54, 1.807) is 24.3 Å². The van der Waals surface area contributed by atoms with E-state index in [9.17, 15) is 22.8 Å². The third-order valence-electron chi connectivity index (χ3n) is 7.87. The molecule has 6 nitrogen and oxygen atoms in total. The molecule has 2 unspecified atom stereocenters. The molecule has 4 aromatic carbocycles. The summed E-state index contributed by atoms with van der Waals surface area (Å²) < 4.78 is 44.1. The van der Waals surface area contributed by atoms with Gasteiger partial charge in [-0.2, -0.15) is 13.2 Å². The van der Waals surface area contributed by atoms with Crippen molar-refractivity contribution in [2.24, 2.45) is 0 Å². The molecule has 1 aliphatic heterocycles. The van der Waals surface area contributed by atoms with Crippen LogP contribution < -0.4 is 10.2 Å². The summed E-state index contributed by atoms with van der Waals surface area (Å²) in [6.45, 7) is 1.53. The van der Waals surface area contributed by atoms with Crippen molar-refractivity contribution in [1.82, 2.24) is 4.90 Å². The highest BCUT2D eigenvalue weighted by atomic mass is 19.4. The van der Waals surface area contributed by atoms with Gasteiger partial charge in [0.05, 0.1) is 12.7 Å². The summed E-state index contributed by atoms with van der Waals surface area (Å²) >= 11 is 0. The second-order valence-electron chi connectivity index (χ2n) is 10.5. The van der Waals surface area contributed by atoms with Crippen molar-refractivity contribution >= 4 is 23.3 Å². The molecule has 43 heavy (non-hydrogen) atoms. The van der Waals surface area contributed by atoms with Gasteiger partial charge in [-0.25, -0.2) is 4.79 Å². The molecule has 0 spiro atoms. The fourth-order valence-corrected chi connectivity index (χ4v) is 5.53. The summed E-state index contributed by atoms with van der Waals surface area (Å²) in [4.78, 5) is 30.2. The molecule has 1 heterocycles. The van der Waals surface area contributed by atoms with E-state index in [2.05, 4.69) is 15.1 Å². The zero-order valence-corrected chi connectivity index (χ0v) is 23.8. The molecule has 1 fully saturated rings. The van der Waals surface area contributed by atoms with Crippen LogP contribution in [0, 0.1) is 0 Å². The second kappa shape index (κ2) is 12.7. The summed E-state index contributed by atoms with van der Waals surface area (Å²) in [5, 5.41) is 2.90. The zero-order valence-electron chi connectivity index (χ0n) is 23.8. The van der Waals surface area contributed by atoms with Gasteiger partial charge < -0.3 is 15.0 Å². The number of likely N-dealkylation sites (N-methyl/N-ethyl adjacent to an activating group) is 1. The minimum atomic E-state index is -4.43. The van der Waals surface area contributed by atoms with Crippen molar-refractivity contribution in [3.63, 3.8) is 0 Å². The molecule has 0 saturated carbocycles. The number of carbonyl (C=O) groups excluding carboxylic acids is 2. The predicted molar refractivity (Wildman–Crippen MR) is 161 cm³/mol. The van der Waals surface area contributed by atoms with Crippen LogP contribution in [0.2, 0.25) is 0 Å². The van der Waals surface area contributed by atoms with Crippen molar-refractivity contribution in [2.45, 2.75) is 24.7 Å². The van der Waals surface area contributed by atoms with E-state index in [-0.39, 0.29) is 17.9 Å². The quantitative estimate of drug-likeness (QED) is 0.224. The molecule has 0 aliphatic carbocycles. The Labute approximate surface area is 248 Å². The number of methoxy groups -OCH3 is 1. The van der Waals surface area contributed by atoms with Gasteiger partial charge in [0.2, 0.25) is 0 Å². The summed E-state index contributed by atoms with van der Waals surface area (Å²) in [7, 11) is 3.35. The molecule has 0 bridgehead atoms. The first-order chi connectivity index (χ1) is 20.7. The zero-order chi connectivity index (χ0) is 30.6. The van der Waals surface area contributed by atoms with Crippen LogP contribution in [0.25, 0.3) is 11.1 Å². The highest BCUT2D eigenvalue weighted by Gasteiger charge is 2.35. The van der Waals surface area contributed by atoms with E-state index >= 15 is 0 Å². The number of nitrogens with zero attached hydrogens (tertiary/aromatic N) is 2. The van der Waals surface area contributed by atoms with Gasteiger partial charge in [-0.15, -0.1) is 0 Å². The normalized spacial score (nSPS) is 15.8. The van der Waals surface area contributed by atoms with E-state index in [0.29, 0.717) is 22.4 Å². The third kappa shape index (κ3) is 6.73. The molecule has 9 heteroatoms. The van der Waals surface area contributed by atoms with E-state index in [0.717, 1.165) is 42.9 Å². The summed E-state index contributed by atoms with van der Waals surface area (Å²) in [5.74, 6) is -0.659. The number of rotatable bonds is 8. The van der Waals surface area contributed by atoms with E-state index < -0.39 is 17.8 Å². The van der Waals surface area contributed by atoms with E-state index in [1.807, 2.05) is 61.6 Å². The molecule has 4 aromatic rings. The third-order valence-corrected chi connectivity index (χ3v) is 7.87. The molecule has 1 saturated heterocycles. The Kier molecular flexibility index (Phi) is 8.82.